The molecule has 0 spiro atoms. The molecule has 0 bridgehead atoms. The van der Waals surface area contributed by atoms with Gasteiger partial charge in [0.05, 0.1) is 11.0 Å². The van der Waals surface area contributed by atoms with E-state index < -0.39 is 19.3 Å². The lowest BCUT2D eigenvalue weighted by atomic mass is 10.2. The van der Waals surface area contributed by atoms with E-state index in [0.29, 0.717) is 9.90 Å². The van der Waals surface area contributed by atoms with E-state index in [2.05, 4.69) is 5.09 Å². The SMILES string of the molecule is COP(=O)(Nc1cc(-c2ccc(Cl)cc2)sc1C(=O)O)c1ccccc1F. The summed E-state index contributed by atoms with van der Waals surface area (Å²) in [4.78, 5) is 12.2. The van der Waals surface area contributed by atoms with Gasteiger partial charge < -0.3 is 14.7 Å². The molecule has 0 aliphatic heterocycles. The quantitative estimate of drug-likeness (QED) is 0.511. The van der Waals surface area contributed by atoms with Crippen molar-refractivity contribution in [2.24, 2.45) is 0 Å². The molecule has 0 radical (unpaired) electrons. The molecule has 9 heteroatoms. The van der Waals surface area contributed by atoms with Crippen molar-refractivity contribution in [3.05, 3.63) is 70.3 Å². The number of anilines is 1. The van der Waals surface area contributed by atoms with Crippen LogP contribution >= 0.6 is 30.5 Å². The Morgan fingerprint density at radius 3 is 2.48 bits per heavy atom. The minimum absolute atomic E-state index is 0.0615. The summed E-state index contributed by atoms with van der Waals surface area (Å²) >= 11 is 6.88. The largest absolute Gasteiger partial charge is 0.477 e. The van der Waals surface area contributed by atoms with Gasteiger partial charge in [0.15, 0.2) is 0 Å². The summed E-state index contributed by atoms with van der Waals surface area (Å²) in [6.07, 6.45) is 0. The van der Waals surface area contributed by atoms with Gasteiger partial charge in [0.2, 0.25) is 0 Å². The van der Waals surface area contributed by atoms with Gasteiger partial charge in [0.25, 0.3) is 0 Å². The number of hydrogen-bond acceptors (Lipinski definition) is 4. The fourth-order valence-corrected chi connectivity index (χ4v) is 5.14. The van der Waals surface area contributed by atoms with E-state index in [0.717, 1.165) is 23.0 Å². The van der Waals surface area contributed by atoms with Gasteiger partial charge in [-0.1, -0.05) is 35.9 Å². The third-order valence-electron chi connectivity index (χ3n) is 3.75. The number of benzene rings is 2. The van der Waals surface area contributed by atoms with Crippen LogP contribution in [0.3, 0.4) is 0 Å². The predicted octanol–water partition coefficient (Wildman–Crippen LogP) is 5.48. The van der Waals surface area contributed by atoms with E-state index in [-0.39, 0.29) is 15.9 Å². The second-order valence-corrected chi connectivity index (χ2v) is 9.12. The molecule has 5 nitrogen and oxygen atoms in total. The summed E-state index contributed by atoms with van der Waals surface area (Å²) in [6.45, 7) is 0. The van der Waals surface area contributed by atoms with Crippen LogP contribution in [-0.4, -0.2) is 18.2 Å². The van der Waals surface area contributed by atoms with Gasteiger partial charge in [0, 0.05) is 17.0 Å². The van der Waals surface area contributed by atoms with Gasteiger partial charge >= 0.3 is 13.5 Å². The molecule has 0 saturated heterocycles. The highest BCUT2D eigenvalue weighted by atomic mass is 35.5. The van der Waals surface area contributed by atoms with E-state index in [4.69, 9.17) is 16.1 Å². The summed E-state index contributed by atoms with van der Waals surface area (Å²) in [5, 5.41) is 12.5. The first kappa shape index (κ1) is 19.6. The molecule has 0 aliphatic rings. The highest BCUT2D eigenvalue weighted by Crippen LogP contribution is 2.48. The van der Waals surface area contributed by atoms with Gasteiger partial charge in [-0.2, -0.15) is 0 Å². The number of carboxylic acids is 1. The van der Waals surface area contributed by atoms with E-state index in [1.54, 1.807) is 30.3 Å². The number of nitrogens with one attached hydrogen (secondary N) is 1. The highest BCUT2D eigenvalue weighted by Gasteiger charge is 2.31. The Morgan fingerprint density at radius 2 is 1.89 bits per heavy atom. The van der Waals surface area contributed by atoms with Crippen molar-refractivity contribution in [1.82, 2.24) is 0 Å². The molecular formula is C18H14ClFNO4PS. The Morgan fingerprint density at radius 1 is 1.22 bits per heavy atom. The van der Waals surface area contributed by atoms with E-state index in [1.165, 1.54) is 25.3 Å². The molecule has 0 fully saturated rings. The Bertz CT molecular complexity index is 1040. The summed E-state index contributed by atoms with van der Waals surface area (Å²) in [6, 6.07) is 13.9. The molecule has 2 N–H and O–H groups in total. The van der Waals surface area contributed by atoms with Crippen molar-refractivity contribution >= 4 is 47.4 Å². The van der Waals surface area contributed by atoms with Gasteiger partial charge in [-0.15, -0.1) is 11.3 Å². The van der Waals surface area contributed by atoms with Gasteiger partial charge in [-0.05, 0) is 35.9 Å². The molecule has 140 valence electrons. The molecule has 0 aliphatic carbocycles. The third-order valence-corrected chi connectivity index (χ3v) is 7.22. The first-order chi connectivity index (χ1) is 12.8. The summed E-state index contributed by atoms with van der Waals surface area (Å²) in [5.41, 5.74) is 0.837. The van der Waals surface area contributed by atoms with Gasteiger partial charge in [0.1, 0.15) is 10.7 Å². The second kappa shape index (κ2) is 7.82. The van der Waals surface area contributed by atoms with Crippen LogP contribution in [-0.2, 0) is 9.09 Å². The fraction of sp³-hybridized carbons (Fsp3) is 0.0556. The number of halogens is 2. The van der Waals surface area contributed by atoms with Crippen LogP contribution in [0.5, 0.6) is 0 Å². The maximum atomic E-state index is 14.1. The zero-order valence-electron chi connectivity index (χ0n) is 14.0. The van der Waals surface area contributed by atoms with Crippen LogP contribution in [0.25, 0.3) is 10.4 Å². The lowest BCUT2D eigenvalue weighted by molar-refractivity contribution is 0.0703. The summed E-state index contributed by atoms with van der Waals surface area (Å²) in [5.74, 6) is -1.90. The molecule has 2 aromatic carbocycles. The van der Waals surface area contributed by atoms with Crippen molar-refractivity contribution in [1.29, 1.82) is 0 Å². The number of rotatable bonds is 6. The predicted molar refractivity (Wildman–Crippen MR) is 106 cm³/mol. The number of carboxylic acid groups (broad SMARTS) is 1. The smallest absolute Gasteiger partial charge is 0.348 e. The topological polar surface area (TPSA) is 75.6 Å². The molecule has 1 unspecified atom stereocenters. The second-order valence-electron chi connectivity index (χ2n) is 5.46. The molecule has 0 saturated carbocycles. The van der Waals surface area contributed by atoms with Crippen molar-refractivity contribution in [2.45, 2.75) is 0 Å². The lowest BCUT2D eigenvalue weighted by Gasteiger charge is -2.19. The maximum Gasteiger partial charge on any atom is 0.348 e. The van der Waals surface area contributed by atoms with Crippen LogP contribution < -0.4 is 10.4 Å². The highest BCUT2D eigenvalue weighted by molar-refractivity contribution is 7.68. The standard InChI is InChI=1S/C18H14ClFNO4PS/c1-25-26(24,15-5-3-2-4-13(15)20)21-14-10-16(27-17(14)18(22)23)11-6-8-12(19)9-7-11/h2-10H,1H3,(H,21,24)(H,22,23). The average Bonchev–Trinajstić information content (AvgIpc) is 3.06. The number of carbonyl (C=O) groups is 1. The summed E-state index contributed by atoms with van der Waals surface area (Å²) in [7, 11) is -2.69. The summed E-state index contributed by atoms with van der Waals surface area (Å²) < 4.78 is 32.4. The van der Waals surface area contributed by atoms with Gasteiger partial charge in [-0.25, -0.2) is 9.18 Å². The lowest BCUT2D eigenvalue weighted by Crippen LogP contribution is -2.17. The number of aromatic carboxylic acids is 1. The van der Waals surface area contributed by atoms with Crippen LogP contribution in [0.4, 0.5) is 10.1 Å². The average molecular weight is 426 g/mol. The first-order valence-electron chi connectivity index (χ1n) is 7.66. The van der Waals surface area contributed by atoms with E-state index in [1.807, 2.05) is 0 Å². The third kappa shape index (κ3) is 4.06. The minimum atomic E-state index is -3.87. The van der Waals surface area contributed by atoms with Crippen LogP contribution in [0.2, 0.25) is 5.02 Å². The van der Waals surface area contributed by atoms with E-state index in [9.17, 15) is 18.9 Å². The van der Waals surface area contributed by atoms with Crippen molar-refractivity contribution < 1.29 is 23.4 Å². The Hall–Kier alpha value is -2.18. The molecular weight excluding hydrogens is 412 g/mol. The number of hydrogen-bond donors (Lipinski definition) is 2. The number of thiophene rings is 1. The maximum absolute atomic E-state index is 14.1. The van der Waals surface area contributed by atoms with E-state index >= 15 is 0 Å². The Labute approximate surface area is 163 Å². The molecule has 1 atom stereocenters. The van der Waals surface area contributed by atoms with Crippen molar-refractivity contribution in [2.75, 3.05) is 12.2 Å². The van der Waals surface area contributed by atoms with Gasteiger partial charge in [-0.3, -0.25) is 4.57 Å². The van der Waals surface area contributed by atoms with Crippen LogP contribution in [0.1, 0.15) is 9.67 Å². The monoisotopic (exact) mass is 425 g/mol. The molecule has 3 rings (SSSR count). The Kier molecular flexibility index (Phi) is 5.67. The van der Waals surface area contributed by atoms with Crippen LogP contribution in [0, 0.1) is 5.82 Å². The Balaban J connectivity index is 2.05. The molecule has 1 aromatic heterocycles. The van der Waals surface area contributed by atoms with Crippen molar-refractivity contribution in [3.8, 4) is 10.4 Å². The molecule has 27 heavy (non-hydrogen) atoms. The minimum Gasteiger partial charge on any atom is -0.477 e. The first-order valence-corrected chi connectivity index (χ1v) is 10.5. The fourth-order valence-electron chi connectivity index (χ4n) is 2.44. The van der Waals surface area contributed by atoms with Crippen molar-refractivity contribution in [3.63, 3.8) is 0 Å². The zero-order chi connectivity index (χ0) is 19.6. The molecule has 3 aromatic rings. The van der Waals surface area contributed by atoms with Crippen LogP contribution in [0.15, 0.2) is 54.6 Å². The zero-order valence-corrected chi connectivity index (χ0v) is 16.4. The molecule has 0 amide bonds. The molecule has 1 heterocycles. The normalized spacial score (nSPS) is 13.1.